The van der Waals surface area contributed by atoms with Crippen molar-refractivity contribution in [3.63, 3.8) is 0 Å². The molecular weight excluding hydrogens is 288 g/mol. The Morgan fingerprint density at radius 1 is 1.23 bits per heavy atom. The van der Waals surface area contributed by atoms with Crippen LogP contribution < -0.4 is 31.0 Å². The van der Waals surface area contributed by atoms with Crippen LogP contribution in [-0.4, -0.2) is 43.8 Å². The Kier molecular flexibility index (Phi) is 4.40. The van der Waals surface area contributed by atoms with Crippen LogP contribution in [0.1, 0.15) is 6.42 Å². The number of carbonyl (C=O) groups is 2. The van der Waals surface area contributed by atoms with Gasteiger partial charge in [-0.3, -0.25) is 15.0 Å². The maximum atomic E-state index is 11.8. The predicted molar refractivity (Wildman–Crippen MR) is 77.0 cm³/mol. The average Bonchev–Trinajstić information content (AvgIpc) is 3.05. The van der Waals surface area contributed by atoms with Crippen molar-refractivity contribution < 1.29 is 19.1 Å². The van der Waals surface area contributed by atoms with Gasteiger partial charge in [-0.2, -0.15) is 0 Å². The topological polar surface area (TPSA) is 101 Å². The van der Waals surface area contributed by atoms with Gasteiger partial charge in [-0.25, -0.2) is 5.43 Å². The lowest BCUT2D eigenvalue weighted by atomic mass is 10.2. The zero-order valence-electron chi connectivity index (χ0n) is 11.9. The van der Waals surface area contributed by atoms with Crippen molar-refractivity contribution in [2.45, 2.75) is 18.7 Å². The molecule has 8 heteroatoms. The summed E-state index contributed by atoms with van der Waals surface area (Å²) in [6.45, 7) is 1.28. The van der Waals surface area contributed by atoms with Gasteiger partial charge in [-0.05, 0) is 18.6 Å². The molecule has 2 heterocycles. The highest BCUT2D eigenvalue weighted by atomic mass is 16.6. The van der Waals surface area contributed by atoms with Crippen LogP contribution in [0, 0.1) is 0 Å². The van der Waals surface area contributed by atoms with E-state index in [4.69, 9.17) is 9.47 Å². The van der Waals surface area contributed by atoms with Gasteiger partial charge in [0.2, 0.25) is 0 Å². The van der Waals surface area contributed by atoms with Crippen molar-refractivity contribution in [3.8, 4) is 11.5 Å². The minimum absolute atomic E-state index is 0.205. The van der Waals surface area contributed by atoms with E-state index in [2.05, 4.69) is 21.5 Å². The molecular formula is C14H18N4O4. The number of carbonyl (C=O) groups excluding carboxylic acids is 2. The smallest absolute Gasteiger partial charge is 0.310 e. The highest BCUT2D eigenvalue weighted by Crippen LogP contribution is 2.30. The number of hydrogen-bond donors (Lipinski definition) is 4. The van der Waals surface area contributed by atoms with Crippen LogP contribution >= 0.6 is 0 Å². The number of fused-ring (bicyclic) bond motifs is 1. The van der Waals surface area contributed by atoms with Crippen molar-refractivity contribution in [2.75, 3.05) is 19.7 Å². The fraction of sp³-hybridized carbons (Fsp3) is 0.429. The Labute approximate surface area is 127 Å². The first-order valence-electron chi connectivity index (χ1n) is 7.18. The molecule has 2 atom stereocenters. The monoisotopic (exact) mass is 306 g/mol. The van der Waals surface area contributed by atoms with E-state index >= 15 is 0 Å². The number of benzene rings is 1. The lowest BCUT2D eigenvalue weighted by Gasteiger charge is -2.26. The fourth-order valence-corrected chi connectivity index (χ4v) is 2.27. The van der Waals surface area contributed by atoms with Gasteiger partial charge in [-0.15, -0.1) is 0 Å². The van der Waals surface area contributed by atoms with Crippen molar-refractivity contribution in [1.29, 1.82) is 0 Å². The average molecular weight is 306 g/mol. The summed E-state index contributed by atoms with van der Waals surface area (Å²) in [4.78, 5) is 23.5. The normalized spacial score (nSPS) is 22.9. The zero-order valence-corrected chi connectivity index (χ0v) is 11.9. The summed E-state index contributed by atoms with van der Waals surface area (Å²) in [6, 6.07) is 7.33. The van der Waals surface area contributed by atoms with Gasteiger partial charge in [0.15, 0.2) is 11.5 Å². The van der Waals surface area contributed by atoms with Gasteiger partial charge < -0.3 is 20.1 Å². The zero-order chi connectivity index (χ0) is 15.4. The summed E-state index contributed by atoms with van der Waals surface area (Å²) in [7, 11) is 0. The van der Waals surface area contributed by atoms with Gasteiger partial charge in [-0.1, -0.05) is 12.1 Å². The van der Waals surface area contributed by atoms with Gasteiger partial charge in [0.05, 0.1) is 12.7 Å². The van der Waals surface area contributed by atoms with E-state index in [9.17, 15) is 9.59 Å². The summed E-state index contributed by atoms with van der Waals surface area (Å²) in [5, 5.41) is 5.14. The molecule has 0 aromatic heterocycles. The van der Waals surface area contributed by atoms with E-state index in [-0.39, 0.29) is 18.8 Å². The molecule has 22 heavy (non-hydrogen) atoms. The lowest BCUT2D eigenvalue weighted by molar-refractivity contribution is -0.140. The molecule has 2 unspecified atom stereocenters. The van der Waals surface area contributed by atoms with Crippen molar-refractivity contribution in [3.05, 3.63) is 24.3 Å². The number of amides is 2. The van der Waals surface area contributed by atoms with E-state index in [1.165, 1.54) is 0 Å². The van der Waals surface area contributed by atoms with Gasteiger partial charge in [0.1, 0.15) is 12.7 Å². The molecule has 1 fully saturated rings. The predicted octanol–water partition coefficient (Wildman–Crippen LogP) is -1.12. The van der Waals surface area contributed by atoms with E-state index in [1.54, 1.807) is 6.07 Å². The van der Waals surface area contributed by atoms with Crippen LogP contribution in [0.3, 0.4) is 0 Å². The van der Waals surface area contributed by atoms with Crippen LogP contribution in [0.4, 0.5) is 0 Å². The number of ether oxygens (including phenoxy) is 2. The number of hydrazine groups is 1. The first-order valence-corrected chi connectivity index (χ1v) is 7.18. The molecule has 118 valence electrons. The molecule has 3 rings (SSSR count). The molecule has 0 spiro atoms. The summed E-state index contributed by atoms with van der Waals surface area (Å²) in [5.41, 5.74) is 5.73. The first-order chi connectivity index (χ1) is 10.7. The minimum Gasteiger partial charge on any atom is -0.486 e. The first kappa shape index (κ1) is 14.6. The van der Waals surface area contributed by atoms with E-state index in [0.717, 1.165) is 13.0 Å². The Balaban J connectivity index is 1.44. The molecule has 2 amide bonds. The Hall–Kier alpha value is -2.32. The molecule has 0 bridgehead atoms. The SMILES string of the molecule is O=C(NCC1COc2ccccc2O1)C(=O)NC1CCNN1. The molecule has 2 aliphatic heterocycles. The number of rotatable bonds is 3. The molecule has 8 nitrogen and oxygen atoms in total. The second-order valence-corrected chi connectivity index (χ2v) is 5.09. The van der Waals surface area contributed by atoms with E-state index in [1.807, 2.05) is 18.2 Å². The van der Waals surface area contributed by atoms with Crippen molar-refractivity contribution >= 4 is 11.8 Å². The quantitative estimate of drug-likeness (QED) is 0.528. The highest BCUT2D eigenvalue weighted by molar-refractivity contribution is 6.35. The van der Waals surface area contributed by atoms with E-state index in [0.29, 0.717) is 18.1 Å². The molecule has 1 saturated heterocycles. The Morgan fingerprint density at radius 2 is 2.05 bits per heavy atom. The van der Waals surface area contributed by atoms with Crippen LogP contribution in [0.15, 0.2) is 24.3 Å². The molecule has 0 aliphatic carbocycles. The molecule has 1 aromatic rings. The van der Waals surface area contributed by atoms with Crippen molar-refractivity contribution in [2.24, 2.45) is 0 Å². The van der Waals surface area contributed by atoms with Crippen LogP contribution in [0.2, 0.25) is 0 Å². The second kappa shape index (κ2) is 6.63. The number of para-hydroxylation sites is 2. The maximum Gasteiger partial charge on any atom is 0.310 e. The van der Waals surface area contributed by atoms with Gasteiger partial charge in [0.25, 0.3) is 0 Å². The lowest BCUT2D eigenvalue weighted by Crippen LogP contribution is -2.51. The summed E-state index contributed by atoms with van der Waals surface area (Å²) >= 11 is 0. The van der Waals surface area contributed by atoms with Crippen LogP contribution in [-0.2, 0) is 9.59 Å². The highest BCUT2D eigenvalue weighted by Gasteiger charge is 2.24. The largest absolute Gasteiger partial charge is 0.486 e. The summed E-state index contributed by atoms with van der Waals surface area (Å²) < 4.78 is 11.2. The van der Waals surface area contributed by atoms with Crippen LogP contribution in [0.5, 0.6) is 11.5 Å². The third kappa shape index (κ3) is 3.46. The standard InChI is InChI=1S/C14H18N4O4/c19-13(14(20)17-12-5-6-16-18-12)15-7-9-8-21-10-3-1-2-4-11(10)22-9/h1-4,9,12,16,18H,5-8H2,(H,15,19)(H,17,20). The molecule has 0 saturated carbocycles. The molecule has 2 aliphatic rings. The van der Waals surface area contributed by atoms with Crippen LogP contribution in [0.25, 0.3) is 0 Å². The summed E-state index contributed by atoms with van der Waals surface area (Å²) in [5.74, 6) is -0.0317. The molecule has 0 radical (unpaired) electrons. The Bertz CT molecular complexity index is 560. The summed E-state index contributed by atoms with van der Waals surface area (Å²) in [6.07, 6.45) is 0.187. The van der Waals surface area contributed by atoms with Gasteiger partial charge >= 0.3 is 11.8 Å². The van der Waals surface area contributed by atoms with Gasteiger partial charge in [0, 0.05) is 6.54 Å². The maximum absolute atomic E-state index is 11.8. The minimum atomic E-state index is -0.684. The number of hydrogen-bond acceptors (Lipinski definition) is 6. The third-order valence-corrected chi connectivity index (χ3v) is 3.40. The number of nitrogens with one attached hydrogen (secondary N) is 4. The van der Waals surface area contributed by atoms with Crippen molar-refractivity contribution in [1.82, 2.24) is 21.5 Å². The second-order valence-electron chi connectivity index (χ2n) is 5.09. The third-order valence-electron chi connectivity index (χ3n) is 3.40. The molecule has 1 aromatic carbocycles. The van der Waals surface area contributed by atoms with E-state index < -0.39 is 11.8 Å². The molecule has 4 N–H and O–H groups in total. The fourth-order valence-electron chi connectivity index (χ4n) is 2.27. The Morgan fingerprint density at radius 3 is 2.82 bits per heavy atom.